The summed E-state index contributed by atoms with van der Waals surface area (Å²) in [6, 6.07) is 6.10. The second kappa shape index (κ2) is 9.86. The molecule has 0 radical (unpaired) electrons. The van der Waals surface area contributed by atoms with E-state index in [1.807, 2.05) is 18.3 Å². The molecule has 3 heterocycles. The summed E-state index contributed by atoms with van der Waals surface area (Å²) in [5.41, 5.74) is 2.31. The van der Waals surface area contributed by atoms with Gasteiger partial charge in [-0.1, -0.05) is 19.9 Å². The number of amides is 1. The highest BCUT2D eigenvalue weighted by Crippen LogP contribution is 2.38. The summed E-state index contributed by atoms with van der Waals surface area (Å²) >= 11 is 0. The Morgan fingerprint density at radius 1 is 1.27 bits per heavy atom. The summed E-state index contributed by atoms with van der Waals surface area (Å²) in [5.74, 6) is -1.09. The van der Waals surface area contributed by atoms with Crippen molar-refractivity contribution in [1.82, 2.24) is 14.9 Å². The number of ether oxygens (including phenoxy) is 4. The van der Waals surface area contributed by atoms with Crippen molar-refractivity contribution >= 4 is 11.4 Å². The van der Waals surface area contributed by atoms with Crippen LogP contribution in [0, 0.1) is 0 Å². The molecule has 198 valence electrons. The van der Waals surface area contributed by atoms with E-state index in [4.69, 9.17) is 18.9 Å². The largest absolute Gasteiger partial charge is 0.496 e. The molecule has 1 amide bonds. The van der Waals surface area contributed by atoms with Crippen molar-refractivity contribution in [3.05, 3.63) is 47.8 Å². The minimum Gasteiger partial charge on any atom is -0.496 e. The number of nitrogens with zero attached hydrogens (tertiary/aromatic N) is 2. The van der Waals surface area contributed by atoms with Crippen LogP contribution in [0.15, 0.2) is 36.7 Å². The standard InChI is InChI=1S/C26H28F3N3O5/c1-26(2,13-36-16-11-35-12-16)15-4-5-20-17(9-30-32(20)10-15)14-6-21(34-3)23(22(7-14)37-25(28)29)24(33)31-19-8-18(19)27/h4-7,9-10,16,18-19,25H,8,11-13H2,1-3H3,(H,31,33). The summed E-state index contributed by atoms with van der Waals surface area (Å²) in [5, 5.41) is 6.94. The third-order valence-electron chi connectivity index (χ3n) is 6.65. The summed E-state index contributed by atoms with van der Waals surface area (Å²) in [7, 11) is 1.32. The first-order valence-electron chi connectivity index (χ1n) is 12.0. The third kappa shape index (κ3) is 5.24. The summed E-state index contributed by atoms with van der Waals surface area (Å²) in [4.78, 5) is 12.8. The number of halogens is 3. The summed E-state index contributed by atoms with van der Waals surface area (Å²) in [6.45, 7) is 2.70. The molecule has 5 rings (SSSR count). The van der Waals surface area contributed by atoms with Crippen molar-refractivity contribution in [3.63, 3.8) is 0 Å². The van der Waals surface area contributed by atoms with Crippen LogP contribution in [0.3, 0.4) is 0 Å². The monoisotopic (exact) mass is 519 g/mol. The number of carbonyl (C=O) groups is 1. The highest BCUT2D eigenvalue weighted by Gasteiger charge is 2.40. The number of rotatable bonds is 10. The van der Waals surface area contributed by atoms with Gasteiger partial charge in [-0.3, -0.25) is 4.79 Å². The van der Waals surface area contributed by atoms with Crippen LogP contribution in [0.2, 0.25) is 0 Å². The molecule has 2 atom stereocenters. The molecule has 1 aliphatic heterocycles. The van der Waals surface area contributed by atoms with Crippen molar-refractivity contribution in [2.24, 2.45) is 0 Å². The Bertz CT molecular complexity index is 1310. The van der Waals surface area contributed by atoms with Gasteiger partial charge in [-0.2, -0.15) is 13.9 Å². The Morgan fingerprint density at radius 2 is 2.00 bits per heavy atom. The van der Waals surface area contributed by atoms with Crippen LogP contribution in [0.5, 0.6) is 11.5 Å². The maximum Gasteiger partial charge on any atom is 0.387 e. The molecule has 2 aromatic heterocycles. The van der Waals surface area contributed by atoms with E-state index in [9.17, 15) is 18.0 Å². The van der Waals surface area contributed by atoms with Gasteiger partial charge in [0.05, 0.1) is 44.7 Å². The van der Waals surface area contributed by atoms with Crippen molar-refractivity contribution < 1.29 is 36.9 Å². The summed E-state index contributed by atoms with van der Waals surface area (Å²) in [6.07, 6.45) is 2.65. The number of hydrogen-bond acceptors (Lipinski definition) is 6. The Labute approximate surface area is 211 Å². The van der Waals surface area contributed by atoms with Crippen LogP contribution in [0.1, 0.15) is 36.2 Å². The molecule has 1 N–H and O–H groups in total. The lowest BCUT2D eigenvalue weighted by molar-refractivity contribution is -0.137. The molecule has 0 spiro atoms. The number of fused-ring (bicyclic) bond motifs is 1. The number of benzene rings is 1. The van der Waals surface area contributed by atoms with Crippen molar-refractivity contribution in [2.45, 2.75) is 50.6 Å². The number of aromatic nitrogens is 2. The molecule has 1 aliphatic carbocycles. The van der Waals surface area contributed by atoms with E-state index < -0.39 is 24.7 Å². The molecule has 37 heavy (non-hydrogen) atoms. The molecule has 2 aliphatic rings. The average molecular weight is 520 g/mol. The Morgan fingerprint density at radius 3 is 2.62 bits per heavy atom. The highest BCUT2D eigenvalue weighted by atomic mass is 19.3. The minimum atomic E-state index is -3.18. The smallest absolute Gasteiger partial charge is 0.387 e. The summed E-state index contributed by atoms with van der Waals surface area (Å²) < 4.78 is 62.7. The van der Waals surface area contributed by atoms with Crippen LogP contribution in [0.25, 0.3) is 16.6 Å². The maximum atomic E-state index is 13.3. The molecule has 1 saturated carbocycles. The molecule has 3 aromatic rings. The van der Waals surface area contributed by atoms with Gasteiger partial charge in [0.2, 0.25) is 0 Å². The van der Waals surface area contributed by atoms with Crippen molar-refractivity contribution in [3.8, 4) is 22.6 Å². The number of hydrogen-bond donors (Lipinski definition) is 1. The lowest BCUT2D eigenvalue weighted by Crippen LogP contribution is -2.39. The zero-order valence-electron chi connectivity index (χ0n) is 20.7. The fourth-order valence-electron chi connectivity index (χ4n) is 4.20. The van der Waals surface area contributed by atoms with E-state index in [1.54, 1.807) is 16.8 Å². The fraction of sp³-hybridized carbons (Fsp3) is 0.462. The van der Waals surface area contributed by atoms with E-state index >= 15 is 0 Å². The van der Waals surface area contributed by atoms with Gasteiger partial charge in [0, 0.05) is 23.6 Å². The van der Waals surface area contributed by atoms with Gasteiger partial charge in [-0.15, -0.1) is 0 Å². The van der Waals surface area contributed by atoms with Gasteiger partial charge in [-0.25, -0.2) is 8.91 Å². The normalized spacial score (nSPS) is 19.6. The van der Waals surface area contributed by atoms with Crippen molar-refractivity contribution in [2.75, 3.05) is 26.9 Å². The number of nitrogens with one attached hydrogen (secondary N) is 1. The van der Waals surface area contributed by atoms with Crippen LogP contribution in [0.4, 0.5) is 13.2 Å². The van der Waals surface area contributed by atoms with Gasteiger partial charge >= 0.3 is 6.61 Å². The van der Waals surface area contributed by atoms with Gasteiger partial charge in [0.25, 0.3) is 5.91 Å². The van der Waals surface area contributed by atoms with E-state index in [-0.39, 0.29) is 35.0 Å². The molecule has 11 heteroatoms. The first-order valence-corrected chi connectivity index (χ1v) is 12.0. The number of carbonyl (C=O) groups excluding carboxylic acids is 1. The molecule has 2 unspecified atom stereocenters. The molecule has 8 nitrogen and oxygen atoms in total. The first kappa shape index (κ1) is 25.3. The molecule has 1 saturated heterocycles. The van der Waals surface area contributed by atoms with E-state index in [2.05, 4.69) is 24.3 Å². The number of pyridine rings is 1. The predicted octanol–water partition coefficient (Wildman–Crippen LogP) is 4.14. The van der Waals surface area contributed by atoms with Crippen LogP contribution < -0.4 is 14.8 Å². The Balaban J connectivity index is 1.47. The molecule has 0 bridgehead atoms. The van der Waals surface area contributed by atoms with Crippen LogP contribution in [-0.2, 0) is 14.9 Å². The SMILES string of the molecule is COc1cc(-c2cnn3cc(C(C)(C)COC4COC4)ccc23)cc(OC(F)F)c1C(=O)NC1CC1F. The number of alkyl halides is 3. The molecular formula is C26H28F3N3O5. The van der Waals surface area contributed by atoms with Crippen LogP contribution >= 0.6 is 0 Å². The second-order valence-corrected chi connectivity index (χ2v) is 9.92. The lowest BCUT2D eigenvalue weighted by Gasteiger charge is -2.31. The maximum absolute atomic E-state index is 13.3. The van der Waals surface area contributed by atoms with Gasteiger partial charge < -0.3 is 24.3 Å². The fourth-order valence-corrected chi connectivity index (χ4v) is 4.20. The van der Waals surface area contributed by atoms with Crippen LogP contribution in [-0.4, -0.2) is 67.4 Å². The third-order valence-corrected chi connectivity index (χ3v) is 6.65. The minimum absolute atomic E-state index is 0.0240. The van der Waals surface area contributed by atoms with Gasteiger partial charge in [0.1, 0.15) is 29.3 Å². The second-order valence-electron chi connectivity index (χ2n) is 9.92. The van der Waals surface area contributed by atoms with Crippen molar-refractivity contribution in [1.29, 1.82) is 0 Å². The highest BCUT2D eigenvalue weighted by molar-refractivity contribution is 6.01. The molecule has 2 fully saturated rings. The van der Waals surface area contributed by atoms with Gasteiger partial charge in [0.15, 0.2) is 0 Å². The topological polar surface area (TPSA) is 83.3 Å². The van der Waals surface area contributed by atoms with E-state index in [0.717, 1.165) is 5.56 Å². The average Bonchev–Trinajstić information content (AvgIpc) is 3.34. The molecular weight excluding hydrogens is 491 g/mol. The zero-order chi connectivity index (χ0) is 26.3. The number of methoxy groups -OCH3 is 1. The lowest BCUT2D eigenvalue weighted by atomic mass is 9.86. The Hall–Kier alpha value is -3.31. The quantitative estimate of drug-likeness (QED) is 0.434. The van der Waals surface area contributed by atoms with E-state index in [0.29, 0.717) is 36.5 Å². The predicted molar refractivity (Wildman–Crippen MR) is 128 cm³/mol. The first-order chi connectivity index (χ1) is 17.7. The zero-order valence-corrected chi connectivity index (χ0v) is 20.7. The van der Waals surface area contributed by atoms with Gasteiger partial charge in [-0.05, 0) is 29.3 Å². The van der Waals surface area contributed by atoms with E-state index in [1.165, 1.54) is 13.2 Å². The molecule has 1 aromatic carbocycles. The Kier molecular flexibility index (Phi) is 6.76.